The summed E-state index contributed by atoms with van der Waals surface area (Å²) in [7, 11) is 3.71. The molecule has 1 aromatic carbocycles. The van der Waals surface area contributed by atoms with Crippen molar-refractivity contribution in [2.45, 2.75) is 20.3 Å². The zero-order chi connectivity index (χ0) is 16.1. The van der Waals surface area contributed by atoms with Gasteiger partial charge in [-0.3, -0.25) is 4.79 Å². The molecule has 0 aliphatic carbocycles. The van der Waals surface area contributed by atoms with Gasteiger partial charge in [0.15, 0.2) is 0 Å². The fourth-order valence-electron chi connectivity index (χ4n) is 2.03. The van der Waals surface area contributed by atoms with Gasteiger partial charge in [-0.05, 0) is 31.9 Å². The van der Waals surface area contributed by atoms with Gasteiger partial charge in [-0.1, -0.05) is 29.8 Å². The Labute approximate surface area is 131 Å². The van der Waals surface area contributed by atoms with Crippen molar-refractivity contribution >= 4 is 11.9 Å². The van der Waals surface area contributed by atoms with E-state index in [4.69, 9.17) is 0 Å². The Morgan fingerprint density at radius 3 is 2.45 bits per heavy atom. The maximum absolute atomic E-state index is 12.2. The molecule has 1 aromatic heterocycles. The van der Waals surface area contributed by atoms with Gasteiger partial charge in [0.1, 0.15) is 5.69 Å². The third kappa shape index (κ3) is 4.28. The number of anilines is 1. The molecule has 5 heteroatoms. The van der Waals surface area contributed by atoms with Crippen LogP contribution < -0.4 is 10.2 Å². The summed E-state index contributed by atoms with van der Waals surface area (Å²) in [4.78, 5) is 22.5. The normalized spacial score (nSPS) is 10.4. The summed E-state index contributed by atoms with van der Waals surface area (Å²) in [5, 5.41) is 2.91. The number of carbonyl (C=O) groups is 1. The number of rotatable bonds is 5. The fraction of sp³-hybridized carbons (Fsp3) is 0.353. The van der Waals surface area contributed by atoms with Crippen LogP contribution in [0, 0.1) is 13.8 Å². The predicted octanol–water partition coefficient (Wildman–Crippen LogP) is 2.13. The van der Waals surface area contributed by atoms with E-state index in [-0.39, 0.29) is 5.91 Å². The molecule has 0 spiro atoms. The molecule has 5 nitrogen and oxygen atoms in total. The van der Waals surface area contributed by atoms with Crippen LogP contribution in [-0.4, -0.2) is 36.5 Å². The van der Waals surface area contributed by atoms with Crippen LogP contribution >= 0.6 is 0 Å². The Bertz CT molecular complexity index is 650. The molecule has 0 unspecified atom stereocenters. The number of nitrogens with one attached hydrogen (secondary N) is 1. The molecule has 0 bridgehead atoms. The number of aromatic nitrogens is 2. The smallest absolute Gasteiger partial charge is 0.270 e. The van der Waals surface area contributed by atoms with E-state index in [1.165, 1.54) is 11.1 Å². The Hall–Kier alpha value is -2.43. The topological polar surface area (TPSA) is 58.1 Å². The fourth-order valence-corrected chi connectivity index (χ4v) is 2.03. The van der Waals surface area contributed by atoms with Crippen LogP contribution in [0.25, 0.3) is 0 Å². The molecule has 0 aliphatic rings. The van der Waals surface area contributed by atoms with E-state index in [0.717, 1.165) is 12.1 Å². The summed E-state index contributed by atoms with van der Waals surface area (Å²) >= 11 is 0. The third-order valence-electron chi connectivity index (χ3n) is 3.29. The minimum atomic E-state index is -0.166. The summed E-state index contributed by atoms with van der Waals surface area (Å²) in [5.74, 6) is 0.379. The Balaban J connectivity index is 1.96. The minimum absolute atomic E-state index is 0.166. The molecule has 2 rings (SSSR count). The van der Waals surface area contributed by atoms with Crippen LogP contribution in [0.3, 0.4) is 0 Å². The van der Waals surface area contributed by atoms with Gasteiger partial charge in [-0.25, -0.2) is 9.97 Å². The van der Waals surface area contributed by atoms with Gasteiger partial charge < -0.3 is 10.2 Å². The van der Waals surface area contributed by atoms with Crippen LogP contribution in [0.2, 0.25) is 0 Å². The minimum Gasteiger partial charge on any atom is -0.350 e. The second kappa shape index (κ2) is 7.02. The van der Waals surface area contributed by atoms with Crippen LogP contribution in [-0.2, 0) is 6.42 Å². The molecule has 1 N–H and O–H groups in total. The molecule has 2 aromatic rings. The lowest BCUT2D eigenvalue weighted by Gasteiger charge is -2.12. The first-order chi connectivity index (χ1) is 10.5. The number of carbonyl (C=O) groups excluding carboxylic acids is 1. The number of hydrogen-bond donors (Lipinski definition) is 1. The molecule has 0 aliphatic heterocycles. The highest BCUT2D eigenvalue weighted by atomic mass is 16.1. The summed E-state index contributed by atoms with van der Waals surface area (Å²) in [6.07, 6.45) is 0.802. The molecule has 0 fully saturated rings. The van der Waals surface area contributed by atoms with Crippen molar-refractivity contribution in [2.75, 3.05) is 25.5 Å². The van der Waals surface area contributed by atoms with Crippen molar-refractivity contribution in [1.82, 2.24) is 15.3 Å². The average molecular weight is 298 g/mol. The summed E-state index contributed by atoms with van der Waals surface area (Å²) in [5.41, 5.74) is 3.63. The number of hydrogen-bond acceptors (Lipinski definition) is 4. The van der Waals surface area contributed by atoms with Crippen molar-refractivity contribution in [3.63, 3.8) is 0 Å². The number of nitrogens with zero attached hydrogens (tertiary/aromatic N) is 3. The molecule has 0 atom stereocenters. The molecule has 1 amide bonds. The van der Waals surface area contributed by atoms with Crippen LogP contribution in [0.15, 0.2) is 30.3 Å². The zero-order valence-corrected chi connectivity index (χ0v) is 13.6. The summed E-state index contributed by atoms with van der Waals surface area (Å²) in [6, 6.07) is 10.0. The lowest BCUT2D eigenvalue weighted by Crippen LogP contribution is -2.27. The molecule has 0 saturated carbocycles. The molecule has 1 heterocycles. The monoisotopic (exact) mass is 298 g/mol. The first kappa shape index (κ1) is 15.9. The molecule has 0 saturated heterocycles. The van der Waals surface area contributed by atoms with Gasteiger partial charge >= 0.3 is 0 Å². The average Bonchev–Trinajstić information content (AvgIpc) is 2.48. The quantitative estimate of drug-likeness (QED) is 0.918. The highest BCUT2D eigenvalue weighted by Crippen LogP contribution is 2.08. The van der Waals surface area contributed by atoms with Gasteiger partial charge in [0.05, 0.1) is 0 Å². The molecular weight excluding hydrogens is 276 g/mol. The van der Waals surface area contributed by atoms with Crippen LogP contribution in [0.5, 0.6) is 0 Å². The molecule has 0 radical (unpaired) electrons. The molecule has 22 heavy (non-hydrogen) atoms. The predicted molar refractivity (Wildman–Crippen MR) is 88.3 cm³/mol. The first-order valence-electron chi connectivity index (χ1n) is 7.32. The van der Waals surface area contributed by atoms with Crippen molar-refractivity contribution < 1.29 is 4.79 Å². The van der Waals surface area contributed by atoms with Crippen molar-refractivity contribution in [1.29, 1.82) is 0 Å². The van der Waals surface area contributed by atoms with E-state index in [2.05, 4.69) is 46.5 Å². The zero-order valence-electron chi connectivity index (χ0n) is 13.6. The van der Waals surface area contributed by atoms with Gasteiger partial charge in [-0.15, -0.1) is 0 Å². The molecule has 116 valence electrons. The van der Waals surface area contributed by atoms with Gasteiger partial charge in [0.2, 0.25) is 5.95 Å². The lowest BCUT2D eigenvalue weighted by molar-refractivity contribution is 0.0949. The van der Waals surface area contributed by atoms with Crippen LogP contribution in [0.4, 0.5) is 5.95 Å². The van der Waals surface area contributed by atoms with Gasteiger partial charge in [0, 0.05) is 26.3 Å². The van der Waals surface area contributed by atoms with E-state index in [9.17, 15) is 4.79 Å². The van der Waals surface area contributed by atoms with Gasteiger partial charge in [-0.2, -0.15) is 0 Å². The maximum Gasteiger partial charge on any atom is 0.270 e. The van der Waals surface area contributed by atoms with E-state index in [1.54, 1.807) is 11.0 Å². The van der Waals surface area contributed by atoms with Crippen LogP contribution in [0.1, 0.15) is 27.3 Å². The standard InChI is InChI=1S/C17H22N4O/c1-12-5-7-14(8-6-12)9-10-18-16(22)15-11-13(2)19-17(20-15)21(3)4/h5-8,11H,9-10H2,1-4H3,(H,18,22). The van der Waals surface area contributed by atoms with E-state index in [0.29, 0.717) is 18.2 Å². The Morgan fingerprint density at radius 1 is 1.14 bits per heavy atom. The summed E-state index contributed by atoms with van der Waals surface area (Å²) < 4.78 is 0. The number of amides is 1. The van der Waals surface area contributed by atoms with Crippen molar-refractivity contribution in [3.05, 3.63) is 52.8 Å². The Morgan fingerprint density at radius 2 is 1.82 bits per heavy atom. The Kier molecular flexibility index (Phi) is 5.09. The largest absolute Gasteiger partial charge is 0.350 e. The molecular formula is C17H22N4O. The van der Waals surface area contributed by atoms with E-state index in [1.807, 2.05) is 21.0 Å². The SMILES string of the molecule is Cc1ccc(CCNC(=O)c2cc(C)nc(N(C)C)n2)cc1. The second-order valence-electron chi connectivity index (χ2n) is 5.58. The summed E-state index contributed by atoms with van der Waals surface area (Å²) in [6.45, 7) is 4.51. The third-order valence-corrected chi connectivity index (χ3v) is 3.29. The first-order valence-corrected chi connectivity index (χ1v) is 7.32. The highest BCUT2D eigenvalue weighted by Gasteiger charge is 2.11. The number of benzene rings is 1. The lowest BCUT2D eigenvalue weighted by atomic mass is 10.1. The van der Waals surface area contributed by atoms with E-state index < -0.39 is 0 Å². The van der Waals surface area contributed by atoms with Gasteiger partial charge in [0.25, 0.3) is 5.91 Å². The van der Waals surface area contributed by atoms with Crippen molar-refractivity contribution in [3.8, 4) is 0 Å². The van der Waals surface area contributed by atoms with Crippen molar-refractivity contribution in [2.24, 2.45) is 0 Å². The highest BCUT2D eigenvalue weighted by molar-refractivity contribution is 5.92. The number of aryl methyl sites for hydroxylation is 2. The van der Waals surface area contributed by atoms with E-state index >= 15 is 0 Å². The maximum atomic E-state index is 12.2. The second-order valence-corrected chi connectivity index (χ2v) is 5.58.